The van der Waals surface area contributed by atoms with Gasteiger partial charge in [-0.15, -0.1) is 0 Å². The molecule has 3 aliphatic rings. The van der Waals surface area contributed by atoms with E-state index in [2.05, 4.69) is 0 Å². The zero-order chi connectivity index (χ0) is 30.0. The summed E-state index contributed by atoms with van der Waals surface area (Å²) < 4.78 is 12.7. The molecule has 0 radical (unpaired) electrons. The average molecular weight is 579 g/mol. The zero-order valence-electron chi connectivity index (χ0n) is 23.8. The number of ether oxygens (including phenoxy) is 2. The van der Waals surface area contributed by atoms with Gasteiger partial charge in [0.1, 0.15) is 29.1 Å². The van der Waals surface area contributed by atoms with Gasteiger partial charge in [0.15, 0.2) is 5.78 Å². The average Bonchev–Trinajstić information content (AvgIpc) is 3.32. The highest BCUT2D eigenvalue weighted by Crippen LogP contribution is 2.44. The monoisotopic (exact) mass is 578 g/mol. The fourth-order valence-electron chi connectivity index (χ4n) is 6.04. The third-order valence-electron chi connectivity index (χ3n) is 8.23. The molecule has 0 amide bonds. The first-order valence-corrected chi connectivity index (χ1v) is 14.6. The van der Waals surface area contributed by atoms with Crippen LogP contribution in [0.15, 0.2) is 157 Å². The molecule has 216 valence electrons. The maximum absolute atomic E-state index is 13.8. The van der Waals surface area contributed by atoms with E-state index in [1.807, 2.05) is 133 Å². The summed E-state index contributed by atoms with van der Waals surface area (Å²) in [5.41, 5.74) is 4.21. The Bertz CT molecular complexity index is 1720. The number of benzene rings is 4. The molecular weight excluding hydrogens is 548 g/mol. The van der Waals surface area contributed by atoms with Gasteiger partial charge in [-0.2, -0.15) is 0 Å². The lowest BCUT2D eigenvalue weighted by molar-refractivity contribution is -0.128. The first-order chi connectivity index (χ1) is 21.6. The second-order valence-electron chi connectivity index (χ2n) is 11.0. The smallest absolute Gasteiger partial charge is 0.172 e. The number of allylic oxidation sites excluding steroid dienone is 5. The molecule has 44 heavy (non-hydrogen) atoms. The molecule has 3 atom stereocenters. The molecule has 1 fully saturated rings. The second kappa shape index (κ2) is 11.8. The predicted octanol–water partition coefficient (Wildman–Crippen LogP) is 7.04. The number of aliphatic hydroxyl groups excluding tert-OH is 2. The molecule has 2 N–H and O–H groups in total. The van der Waals surface area contributed by atoms with E-state index in [-0.39, 0.29) is 5.57 Å². The molecule has 4 aromatic rings. The minimum Gasteiger partial charge on any atom is -0.457 e. The van der Waals surface area contributed by atoms with E-state index in [1.54, 1.807) is 12.2 Å². The van der Waals surface area contributed by atoms with E-state index in [4.69, 9.17) is 9.47 Å². The number of hydrogen-bond donors (Lipinski definition) is 2. The topological polar surface area (TPSA) is 76.0 Å². The van der Waals surface area contributed by atoms with Gasteiger partial charge < -0.3 is 19.7 Å². The fraction of sp³-hybridized carbons (Fsp3) is 0.103. The van der Waals surface area contributed by atoms with Crippen LogP contribution in [0, 0.1) is 11.8 Å². The van der Waals surface area contributed by atoms with E-state index >= 15 is 0 Å². The van der Waals surface area contributed by atoms with Crippen molar-refractivity contribution < 1.29 is 24.5 Å². The van der Waals surface area contributed by atoms with Crippen LogP contribution < -0.4 is 0 Å². The molecule has 2 aliphatic heterocycles. The summed E-state index contributed by atoms with van der Waals surface area (Å²) in [5, 5.41) is 23.3. The van der Waals surface area contributed by atoms with Crippen molar-refractivity contribution in [2.24, 2.45) is 11.8 Å². The summed E-state index contributed by atoms with van der Waals surface area (Å²) in [6.45, 7) is 0. The van der Waals surface area contributed by atoms with Crippen LogP contribution in [0.1, 0.15) is 22.3 Å². The number of rotatable bonds is 5. The molecule has 0 bridgehead atoms. The highest BCUT2D eigenvalue weighted by molar-refractivity contribution is 5.95. The first kappa shape index (κ1) is 27.6. The Morgan fingerprint density at radius 3 is 1.27 bits per heavy atom. The van der Waals surface area contributed by atoms with Gasteiger partial charge in [-0.3, -0.25) is 4.79 Å². The molecule has 7 rings (SSSR count). The highest BCUT2D eigenvalue weighted by atomic mass is 16.5. The number of carbonyl (C=O) groups excluding carboxylic acids is 1. The van der Waals surface area contributed by atoms with Crippen LogP contribution in [0.3, 0.4) is 0 Å². The Hall–Kier alpha value is -5.23. The zero-order valence-corrected chi connectivity index (χ0v) is 23.8. The van der Waals surface area contributed by atoms with E-state index in [9.17, 15) is 15.0 Å². The van der Waals surface area contributed by atoms with Crippen molar-refractivity contribution in [1.82, 2.24) is 0 Å². The van der Waals surface area contributed by atoms with E-state index in [0.717, 1.165) is 22.3 Å². The van der Waals surface area contributed by atoms with Crippen molar-refractivity contribution in [3.8, 4) is 0 Å². The Balaban J connectivity index is 1.34. The van der Waals surface area contributed by atoms with Gasteiger partial charge in [0.2, 0.25) is 0 Å². The second-order valence-corrected chi connectivity index (χ2v) is 11.0. The standard InChI is InChI=1S/C39H30O5/c40-37-35(29-21-31(25-13-5-1-6-14-25)43-32(22-29)26-15-7-2-8-16-26)38(41)39(42)36(37)30-23-33(27-17-9-3-10-18-27)44-34(24-30)28-19-11-4-12-20-28/h1-24,29,35,37,39-40,42H. The van der Waals surface area contributed by atoms with Crippen molar-refractivity contribution in [3.05, 3.63) is 179 Å². The van der Waals surface area contributed by atoms with E-state index in [1.165, 1.54) is 0 Å². The molecule has 1 aliphatic carbocycles. The lowest BCUT2D eigenvalue weighted by atomic mass is 9.84. The lowest BCUT2D eigenvalue weighted by Gasteiger charge is -2.27. The first-order valence-electron chi connectivity index (χ1n) is 14.6. The van der Waals surface area contributed by atoms with Crippen LogP contribution >= 0.6 is 0 Å². The largest absolute Gasteiger partial charge is 0.457 e. The van der Waals surface area contributed by atoms with Crippen LogP contribution in [-0.2, 0) is 14.3 Å². The van der Waals surface area contributed by atoms with Gasteiger partial charge in [-0.25, -0.2) is 0 Å². The van der Waals surface area contributed by atoms with Gasteiger partial charge in [0.25, 0.3) is 0 Å². The van der Waals surface area contributed by atoms with Crippen molar-refractivity contribution in [1.29, 1.82) is 0 Å². The Morgan fingerprint density at radius 1 is 0.500 bits per heavy atom. The van der Waals surface area contributed by atoms with Gasteiger partial charge in [-0.05, 0) is 29.9 Å². The molecule has 0 saturated heterocycles. The lowest BCUT2D eigenvalue weighted by Crippen LogP contribution is -2.29. The van der Waals surface area contributed by atoms with E-state index < -0.39 is 29.8 Å². The predicted molar refractivity (Wildman–Crippen MR) is 171 cm³/mol. The molecule has 3 unspecified atom stereocenters. The molecule has 5 heteroatoms. The minimum absolute atomic E-state index is 0.265. The summed E-state index contributed by atoms with van der Waals surface area (Å²) >= 11 is 0. The number of ketones is 1. The molecule has 4 aromatic carbocycles. The Morgan fingerprint density at radius 2 is 0.864 bits per heavy atom. The van der Waals surface area contributed by atoms with Gasteiger partial charge in [0, 0.05) is 33.7 Å². The Kier molecular flexibility index (Phi) is 7.40. The van der Waals surface area contributed by atoms with Crippen LogP contribution in [0.2, 0.25) is 0 Å². The van der Waals surface area contributed by atoms with Crippen molar-refractivity contribution >= 4 is 28.8 Å². The quantitative estimate of drug-likeness (QED) is 0.266. The highest BCUT2D eigenvalue weighted by Gasteiger charge is 2.49. The fourth-order valence-corrected chi connectivity index (χ4v) is 6.04. The normalized spacial score (nSPS) is 22.0. The summed E-state index contributed by atoms with van der Waals surface area (Å²) in [6.07, 6.45) is 4.61. The number of hydrogen-bond acceptors (Lipinski definition) is 5. The van der Waals surface area contributed by atoms with Gasteiger partial charge in [0.05, 0.1) is 12.0 Å². The van der Waals surface area contributed by atoms with Crippen LogP contribution in [0.25, 0.3) is 23.0 Å². The van der Waals surface area contributed by atoms with Gasteiger partial charge in [-0.1, -0.05) is 121 Å². The summed E-state index contributed by atoms with van der Waals surface area (Å²) in [5.74, 6) is 0.433. The molecule has 1 saturated carbocycles. The molecule has 5 nitrogen and oxygen atoms in total. The van der Waals surface area contributed by atoms with Crippen LogP contribution in [-0.4, -0.2) is 28.2 Å². The number of carbonyl (C=O) groups is 1. The van der Waals surface area contributed by atoms with Crippen molar-refractivity contribution in [2.45, 2.75) is 12.2 Å². The molecule has 0 spiro atoms. The van der Waals surface area contributed by atoms with E-state index in [0.29, 0.717) is 28.6 Å². The molecular formula is C39H30O5. The number of aliphatic hydroxyl groups is 2. The maximum atomic E-state index is 13.8. The Labute approximate surface area is 256 Å². The molecule has 2 heterocycles. The van der Waals surface area contributed by atoms with Gasteiger partial charge >= 0.3 is 0 Å². The van der Waals surface area contributed by atoms with Crippen molar-refractivity contribution in [3.63, 3.8) is 0 Å². The summed E-state index contributed by atoms with van der Waals surface area (Å²) in [4.78, 5) is 13.8. The number of Topliss-reactive ketones (excluding diaryl/α,β-unsaturated/α-hetero) is 1. The van der Waals surface area contributed by atoms with Crippen LogP contribution in [0.5, 0.6) is 0 Å². The maximum Gasteiger partial charge on any atom is 0.172 e. The SMILES string of the molecule is O=C1C(O)C(=C2C=C(c3ccccc3)OC(c3ccccc3)=C2)C(O)C1C1C=C(c2ccccc2)OC(c2ccccc2)=C1. The van der Waals surface area contributed by atoms with Crippen molar-refractivity contribution in [2.75, 3.05) is 0 Å². The summed E-state index contributed by atoms with van der Waals surface area (Å²) in [7, 11) is 0. The third kappa shape index (κ3) is 5.24. The minimum atomic E-state index is -1.48. The molecule has 0 aromatic heterocycles. The van der Waals surface area contributed by atoms with Crippen LogP contribution in [0.4, 0.5) is 0 Å². The third-order valence-corrected chi connectivity index (χ3v) is 8.23. The summed E-state index contributed by atoms with van der Waals surface area (Å²) in [6, 6.07) is 38.6.